The number of benzene rings is 1. The van der Waals surface area contributed by atoms with Gasteiger partial charge in [0.1, 0.15) is 17.1 Å². The van der Waals surface area contributed by atoms with Crippen molar-refractivity contribution in [2.75, 3.05) is 60.2 Å². The van der Waals surface area contributed by atoms with Crippen LogP contribution >= 0.6 is 0 Å². The van der Waals surface area contributed by atoms with Crippen LogP contribution in [0.1, 0.15) is 10.4 Å². The summed E-state index contributed by atoms with van der Waals surface area (Å²) >= 11 is 0. The number of nitrogens with zero attached hydrogens (tertiary/aromatic N) is 1. The Hall–Kier alpha value is -1.83. The van der Waals surface area contributed by atoms with Gasteiger partial charge in [0.25, 0.3) is 5.91 Å². The first-order valence-corrected chi connectivity index (χ1v) is 8.11. The van der Waals surface area contributed by atoms with Crippen LogP contribution in [0.4, 0.5) is 0 Å². The molecule has 2 saturated heterocycles. The number of ether oxygens (including phenoxy) is 4. The molecule has 1 aromatic carbocycles. The van der Waals surface area contributed by atoms with Crippen molar-refractivity contribution in [3.8, 4) is 11.5 Å². The molecule has 7 heteroatoms. The van der Waals surface area contributed by atoms with Gasteiger partial charge in [0.05, 0.1) is 46.1 Å². The van der Waals surface area contributed by atoms with Crippen LogP contribution in [0.5, 0.6) is 11.5 Å². The fraction of sp³-hybridized carbons (Fsp3) is 0.588. The standard InChI is InChI=1S/C17H24N2O5/c1-21-13-3-4-14(15(9-13)22-2)16(20)19-6-8-24-17(11-19)10-18-5-7-23-12-17/h3-4,9,18H,5-8,10-12H2,1-2H3. The lowest BCUT2D eigenvalue weighted by Gasteiger charge is -2.41. The Balaban J connectivity index is 1.79. The zero-order valence-corrected chi connectivity index (χ0v) is 14.2. The molecular formula is C17H24N2O5. The Morgan fingerprint density at radius 3 is 2.96 bits per heavy atom. The first kappa shape index (κ1) is 17.0. The smallest absolute Gasteiger partial charge is 0.257 e. The minimum absolute atomic E-state index is 0.0681. The van der Waals surface area contributed by atoms with Gasteiger partial charge in [0, 0.05) is 25.7 Å². The maximum absolute atomic E-state index is 13.0. The van der Waals surface area contributed by atoms with Gasteiger partial charge < -0.3 is 29.2 Å². The number of nitrogens with one attached hydrogen (secondary N) is 1. The monoisotopic (exact) mass is 336 g/mol. The average Bonchev–Trinajstić information content (AvgIpc) is 2.86. The molecule has 1 atom stereocenters. The molecule has 1 N–H and O–H groups in total. The van der Waals surface area contributed by atoms with Crippen LogP contribution in [0.25, 0.3) is 0 Å². The first-order valence-electron chi connectivity index (χ1n) is 8.11. The molecule has 0 radical (unpaired) electrons. The van der Waals surface area contributed by atoms with Crippen LogP contribution in [-0.2, 0) is 9.47 Å². The van der Waals surface area contributed by atoms with E-state index in [-0.39, 0.29) is 5.91 Å². The van der Waals surface area contributed by atoms with E-state index in [1.807, 2.05) is 4.90 Å². The second-order valence-electron chi connectivity index (χ2n) is 6.05. The Bertz CT molecular complexity index is 584. The molecule has 1 aromatic rings. The van der Waals surface area contributed by atoms with Crippen LogP contribution in [0.3, 0.4) is 0 Å². The van der Waals surface area contributed by atoms with Crippen molar-refractivity contribution in [3.05, 3.63) is 23.8 Å². The van der Waals surface area contributed by atoms with E-state index in [4.69, 9.17) is 18.9 Å². The van der Waals surface area contributed by atoms with Crippen molar-refractivity contribution >= 4 is 5.91 Å². The molecule has 1 unspecified atom stereocenters. The van der Waals surface area contributed by atoms with E-state index in [0.717, 1.165) is 6.54 Å². The van der Waals surface area contributed by atoms with E-state index in [0.29, 0.717) is 56.5 Å². The van der Waals surface area contributed by atoms with Crippen molar-refractivity contribution in [1.29, 1.82) is 0 Å². The van der Waals surface area contributed by atoms with Crippen molar-refractivity contribution in [2.24, 2.45) is 0 Å². The number of morpholine rings is 1. The van der Waals surface area contributed by atoms with E-state index in [1.54, 1.807) is 32.4 Å². The summed E-state index contributed by atoms with van der Waals surface area (Å²) in [6.45, 7) is 4.16. The molecule has 1 spiro atoms. The summed E-state index contributed by atoms with van der Waals surface area (Å²) in [6, 6.07) is 5.23. The highest BCUT2D eigenvalue weighted by molar-refractivity contribution is 5.97. The van der Waals surface area contributed by atoms with Crippen LogP contribution in [0, 0.1) is 0 Å². The molecule has 2 aliphatic rings. The molecule has 7 nitrogen and oxygen atoms in total. The summed E-state index contributed by atoms with van der Waals surface area (Å²) in [6.07, 6.45) is 0. The first-order chi connectivity index (χ1) is 11.7. The third kappa shape index (κ3) is 3.48. The maximum atomic E-state index is 13.0. The van der Waals surface area contributed by atoms with Gasteiger partial charge in [-0.3, -0.25) is 4.79 Å². The topological polar surface area (TPSA) is 69.3 Å². The van der Waals surface area contributed by atoms with Gasteiger partial charge in [-0.15, -0.1) is 0 Å². The predicted octanol–water partition coefficient (Wildman–Crippen LogP) is 0.535. The molecule has 0 aromatic heterocycles. The SMILES string of the molecule is COc1ccc(C(=O)N2CCOC3(CNCCOC3)C2)c(OC)c1. The Morgan fingerprint density at radius 1 is 1.29 bits per heavy atom. The minimum Gasteiger partial charge on any atom is -0.497 e. The van der Waals surface area contributed by atoms with Crippen molar-refractivity contribution in [2.45, 2.75) is 5.60 Å². The largest absolute Gasteiger partial charge is 0.497 e. The van der Waals surface area contributed by atoms with Gasteiger partial charge in [-0.05, 0) is 12.1 Å². The van der Waals surface area contributed by atoms with E-state index in [9.17, 15) is 4.79 Å². The molecule has 2 heterocycles. The Kier molecular flexibility index (Phi) is 5.23. The van der Waals surface area contributed by atoms with Gasteiger partial charge in [0.2, 0.25) is 0 Å². The highest BCUT2D eigenvalue weighted by atomic mass is 16.5. The van der Waals surface area contributed by atoms with Gasteiger partial charge in [-0.2, -0.15) is 0 Å². The molecule has 132 valence electrons. The lowest BCUT2D eigenvalue weighted by molar-refractivity contribution is -0.125. The number of amides is 1. The highest BCUT2D eigenvalue weighted by Crippen LogP contribution is 2.28. The number of methoxy groups -OCH3 is 2. The van der Waals surface area contributed by atoms with Gasteiger partial charge >= 0.3 is 0 Å². The van der Waals surface area contributed by atoms with Crippen molar-refractivity contribution in [3.63, 3.8) is 0 Å². The van der Waals surface area contributed by atoms with Crippen LogP contribution < -0.4 is 14.8 Å². The quantitative estimate of drug-likeness (QED) is 0.869. The Morgan fingerprint density at radius 2 is 2.17 bits per heavy atom. The molecule has 3 rings (SSSR count). The van der Waals surface area contributed by atoms with Crippen molar-refractivity contribution < 1.29 is 23.7 Å². The zero-order valence-electron chi connectivity index (χ0n) is 14.2. The molecule has 0 saturated carbocycles. The van der Waals surface area contributed by atoms with Crippen LogP contribution in [-0.4, -0.2) is 76.6 Å². The summed E-state index contributed by atoms with van der Waals surface area (Å²) in [5, 5.41) is 3.32. The van der Waals surface area contributed by atoms with E-state index >= 15 is 0 Å². The van der Waals surface area contributed by atoms with Gasteiger partial charge in [0.15, 0.2) is 0 Å². The average molecular weight is 336 g/mol. The van der Waals surface area contributed by atoms with E-state index < -0.39 is 5.60 Å². The third-order valence-electron chi connectivity index (χ3n) is 4.41. The maximum Gasteiger partial charge on any atom is 0.257 e. The number of hydrogen-bond donors (Lipinski definition) is 1. The fourth-order valence-corrected chi connectivity index (χ4v) is 3.13. The number of hydrogen-bond acceptors (Lipinski definition) is 6. The number of carbonyl (C=O) groups is 1. The lowest BCUT2D eigenvalue weighted by atomic mass is 10.0. The highest BCUT2D eigenvalue weighted by Gasteiger charge is 2.40. The van der Waals surface area contributed by atoms with Gasteiger partial charge in [-0.1, -0.05) is 0 Å². The van der Waals surface area contributed by atoms with Crippen molar-refractivity contribution in [1.82, 2.24) is 10.2 Å². The van der Waals surface area contributed by atoms with Gasteiger partial charge in [-0.25, -0.2) is 0 Å². The molecule has 0 bridgehead atoms. The summed E-state index contributed by atoms with van der Waals surface area (Å²) in [5.74, 6) is 1.10. The normalized spacial score (nSPS) is 24.5. The number of carbonyl (C=O) groups excluding carboxylic acids is 1. The molecule has 1 amide bonds. The Labute approximate surface area is 141 Å². The third-order valence-corrected chi connectivity index (χ3v) is 4.41. The van der Waals surface area contributed by atoms with E-state index in [2.05, 4.69) is 5.32 Å². The predicted molar refractivity (Wildman–Crippen MR) is 87.8 cm³/mol. The fourth-order valence-electron chi connectivity index (χ4n) is 3.13. The summed E-state index contributed by atoms with van der Waals surface area (Å²) < 4.78 is 22.1. The zero-order chi connectivity index (χ0) is 17.0. The molecular weight excluding hydrogens is 312 g/mol. The van der Waals surface area contributed by atoms with E-state index in [1.165, 1.54) is 0 Å². The van der Waals surface area contributed by atoms with Crippen LogP contribution in [0.15, 0.2) is 18.2 Å². The number of rotatable bonds is 3. The summed E-state index contributed by atoms with van der Waals surface area (Å²) in [7, 11) is 3.14. The molecule has 24 heavy (non-hydrogen) atoms. The second kappa shape index (κ2) is 7.38. The van der Waals surface area contributed by atoms with Crippen LogP contribution in [0.2, 0.25) is 0 Å². The molecule has 2 aliphatic heterocycles. The lowest BCUT2D eigenvalue weighted by Crippen LogP contribution is -2.59. The minimum atomic E-state index is -0.482. The molecule has 2 fully saturated rings. The summed E-state index contributed by atoms with van der Waals surface area (Å²) in [5.41, 5.74) is 0.0438. The second-order valence-corrected chi connectivity index (χ2v) is 6.05. The summed E-state index contributed by atoms with van der Waals surface area (Å²) in [4.78, 5) is 14.8. The molecule has 0 aliphatic carbocycles.